The Labute approximate surface area is 123 Å². The fourth-order valence-corrected chi connectivity index (χ4v) is 2.60. The van der Waals surface area contributed by atoms with Crippen LogP contribution in [0.15, 0.2) is 6.20 Å². The highest BCUT2D eigenvalue weighted by atomic mass is 35.5. The quantitative estimate of drug-likeness (QED) is 0.597. The summed E-state index contributed by atoms with van der Waals surface area (Å²) < 4.78 is 27.2. The molecule has 0 aromatic carbocycles. The molecule has 0 atom stereocenters. The summed E-state index contributed by atoms with van der Waals surface area (Å²) in [5.74, 6) is -0.259. The maximum atomic E-state index is 14.0. The topological polar surface area (TPSA) is 41.9 Å². The standard InChI is InChI=1S/C12H10Cl2F2N4/c13-10-8(16)9-7(5-17-10)11(19-12(14)18-9)20-3-1-6(15)2-4-20/h5-6H,1-4H2. The lowest BCUT2D eigenvalue weighted by atomic mass is 10.1. The summed E-state index contributed by atoms with van der Waals surface area (Å²) in [6.07, 6.45) is 1.42. The first-order valence-corrected chi connectivity index (χ1v) is 6.88. The number of piperidine rings is 1. The van der Waals surface area contributed by atoms with Crippen LogP contribution in [-0.2, 0) is 0 Å². The van der Waals surface area contributed by atoms with Crippen molar-refractivity contribution in [2.75, 3.05) is 18.0 Å². The number of anilines is 1. The number of pyridine rings is 1. The van der Waals surface area contributed by atoms with E-state index in [4.69, 9.17) is 23.2 Å². The molecule has 1 aliphatic heterocycles. The number of hydrogen-bond donors (Lipinski definition) is 0. The number of fused-ring (bicyclic) bond motifs is 1. The van der Waals surface area contributed by atoms with Crippen molar-refractivity contribution in [1.29, 1.82) is 0 Å². The minimum absolute atomic E-state index is 0.0300. The molecule has 3 rings (SSSR count). The number of halogens is 4. The van der Waals surface area contributed by atoms with Crippen molar-refractivity contribution in [3.8, 4) is 0 Å². The first-order valence-electron chi connectivity index (χ1n) is 6.12. The van der Waals surface area contributed by atoms with E-state index in [0.29, 0.717) is 37.1 Å². The highest BCUT2D eigenvalue weighted by molar-refractivity contribution is 6.30. The van der Waals surface area contributed by atoms with Gasteiger partial charge in [0.2, 0.25) is 5.28 Å². The van der Waals surface area contributed by atoms with Crippen molar-refractivity contribution in [3.05, 3.63) is 22.5 Å². The van der Waals surface area contributed by atoms with E-state index in [0.717, 1.165) is 0 Å². The van der Waals surface area contributed by atoms with Gasteiger partial charge in [-0.3, -0.25) is 0 Å². The molecule has 1 fully saturated rings. The minimum Gasteiger partial charge on any atom is -0.356 e. The molecule has 106 valence electrons. The molecule has 1 saturated heterocycles. The Kier molecular flexibility index (Phi) is 3.60. The molecule has 0 N–H and O–H groups in total. The number of nitrogens with zero attached hydrogens (tertiary/aromatic N) is 4. The smallest absolute Gasteiger partial charge is 0.225 e. The van der Waals surface area contributed by atoms with Gasteiger partial charge in [-0.25, -0.2) is 18.7 Å². The molecular weight excluding hydrogens is 309 g/mol. The van der Waals surface area contributed by atoms with E-state index in [1.54, 1.807) is 0 Å². The summed E-state index contributed by atoms with van der Waals surface area (Å²) in [7, 11) is 0. The summed E-state index contributed by atoms with van der Waals surface area (Å²) >= 11 is 11.5. The van der Waals surface area contributed by atoms with Crippen LogP contribution >= 0.6 is 23.2 Å². The molecule has 3 heterocycles. The van der Waals surface area contributed by atoms with Crippen LogP contribution in [0.1, 0.15) is 12.8 Å². The largest absolute Gasteiger partial charge is 0.356 e. The Hall–Kier alpha value is -1.27. The Morgan fingerprint density at radius 1 is 1.20 bits per heavy atom. The number of rotatable bonds is 1. The molecule has 0 radical (unpaired) electrons. The molecular formula is C12H10Cl2F2N4. The third-order valence-corrected chi connectivity index (χ3v) is 3.75. The van der Waals surface area contributed by atoms with Crippen LogP contribution in [0.4, 0.5) is 14.6 Å². The van der Waals surface area contributed by atoms with Gasteiger partial charge in [0.05, 0.1) is 5.39 Å². The zero-order valence-corrected chi connectivity index (χ0v) is 11.8. The van der Waals surface area contributed by atoms with Crippen LogP contribution in [0.5, 0.6) is 0 Å². The Morgan fingerprint density at radius 3 is 2.60 bits per heavy atom. The highest BCUT2D eigenvalue weighted by Gasteiger charge is 2.23. The predicted octanol–water partition coefficient (Wildman–Crippen LogP) is 3.41. The highest BCUT2D eigenvalue weighted by Crippen LogP contribution is 2.30. The Morgan fingerprint density at radius 2 is 1.90 bits per heavy atom. The van der Waals surface area contributed by atoms with Gasteiger partial charge in [0, 0.05) is 19.3 Å². The van der Waals surface area contributed by atoms with Gasteiger partial charge in [-0.2, -0.15) is 4.98 Å². The van der Waals surface area contributed by atoms with E-state index < -0.39 is 12.0 Å². The molecule has 0 amide bonds. The van der Waals surface area contributed by atoms with Crippen LogP contribution in [0.3, 0.4) is 0 Å². The first-order chi connectivity index (χ1) is 9.56. The zero-order chi connectivity index (χ0) is 14.3. The van der Waals surface area contributed by atoms with Crippen LogP contribution < -0.4 is 4.90 Å². The second-order valence-electron chi connectivity index (χ2n) is 4.60. The maximum absolute atomic E-state index is 14.0. The van der Waals surface area contributed by atoms with E-state index in [1.807, 2.05) is 4.90 Å². The van der Waals surface area contributed by atoms with Crippen molar-refractivity contribution < 1.29 is 8.78 Å². The molecule has 8 heteroatoms. The summed E-state index contributed by atoms with van der Waals surface area (Å²) in [4.78, 5) is 13.6. The van der Waals surface area contributed by atoms with E-state index in [2.05, 4.69) is 15.0 Å². The molecule has 2 aromatic heterocycles. The second-order valence-corrected chi connectivity index (χ2v) is 5.30. The van der Waals surface area contributed by atoms with Gasteiger partial charge < -0.3 is 4.90 Å². The number of hydrogen-bond acceptors (Lipinski definition) is 4. The maximum Gasteiger partial charge on any atom is 0.225 e. The number of aromatic nitrogens is 3. The molecule has 0 bridgehead atoms. The van der Waals surface area contributed by atoms with E-state index in [9.17, 15) is 8.78 Å². The summed E-state index contributed by atoms with van der Waals surface area (Å²) in [5, 5.41) is 0.0883. The van der Waals surface area contributed by atoms with Crippen molar-refractivity contribution in [2.45, 2.75) is 19.0 Å². The van der Waals surface area contributed by atoms with Crippen molar-refractivity contribution in [3.63, 3.8) is 0 Å². The van der Waals surface area contributed by atoms with Crippen LogP contribution in [0.25, 0.3) is 10.9 Å². The molecule has 4 nitrogen and oxygen atoms in total. The Bertz CT molecular complexity index is 659. The minimum atomic E-state index is -0.806. The SMILES string of the molecule is Fc1c(Cl)ncc2c(N3CCC(F)CC3)nc(Cl)nc12. The Balaban J connectivity index is 2.13. The van der Waals surface area contributed by atoms with Gasteiger partial charge in [-0.15, -0.1) is 0 Å². The van der Waals surface area contributed by atoms with Crippen molar-refractivity contribution in [1.82, 2.24) is 15.0 Å². The van der Waals surface area contributed by atoms with Gasteiger partial charge >= 0.3 is 0 Å². The molecule has 2 aromatic rings. The molecule has 0 aliphatic carbocycles. The lowest BCUT2D eigenvalue weighted by Crippen LogP contribution is -2.35. The predicted molar refractivity (Wildman–Crippen MR) is 73.7 cm³/mol. The summed E-state index contributed by atoms with van der Waals surface area (Å²) in [6, 6.07) is 0. The lowest BCUT2D eigenvalue weighted by Gasteiger charge is -2.30. The van der Waals surface area contributed by atoms with E-state index in [1.165, 1.54) is 6.20 Å². The molecule has 1 aliphatic rings. The molecule has 20 heavy (non-hydrogen) atoms. The van der Waals surface area contributed by atoms with E-state index in [-0.39, 0.29) is 16.0 Å². The van der Waals surface area contributed by atoms with Crippen LogP contribution in [0, 0.1) is 5.82 Å². The summed E-state index contributed by atoms with van der Waals surface area (Å²) in [5.41, 5.74) is 0.0300. The first kappa shape index (κ1) is 13.7. The second kappa shape index (κ2) is 5.26. The number of alkyl halides is 1. The zero-order valence-electron chi connectivity index (χ0n) is 10.3. The monoisotopic (exact) mass is 318 g/mol. The van der Waals surface area contributed by atoms with Crippen LogP contribution in [0.2, 0.25) is 10.4 Å². The molecule has 0 unspecified atom stereocenters. The fourth-order valence-electron chi connectivity index (χ4n) is 2.29. The fraction of sp³-hybridized carbons (Fsp3) is 0.417. The summed E-state index contributed by atoms with van der Waals surface area (Å²) in [6.45, 7) is 0.988. The molecule has 0 saturated carbocycles. The average molecular weight is 319 g/mol. The normalized spacial score (nSPS) is 16.9. The average Bonchev–Trinajstić information content (AvgIpc) is 2.43. The third-order valence-electron chi connectivity index (χ3n) is 3.32. The van der Waals surface area contributed by atoms with E-state index >= 15 is 0 Å². The van der Waals surface area contributed by atoms with Gasteiger partial charge in [0.25, 0.3) is 0 Å². The molecule has 0 spiro atoms. The lowest BCUT2D eigenvalue weighted by molar-refractivity contribution is 0.277. The van der Waals surface area contributed by atoms with Gasteiger partial charge in [0.1, 0.15) is 17.5 Å². The van der Waals surface area contributed by atoms with Gasteiger partial charge in [-0.05, 0) is 24.4 Å². The van der Waals surface area contributed by atoms with Gasteiger partial charge in [0.15, 0.2) is 11.0 Å². The third kappa shape index (κ3) is 2.38. The van der Waals surface area contributed by atoms with Crippen molar-refractivity contribution in [2.24, 2.45) is 0 Å². The van der Waals surface area contributed by atoms with Crippen molar-refractivity contribution >= 4 is 39.9 Å². The van der Waals surface area contributed by atoms with Crippen LogP contribution in [-0.4, -0.2) is 34.2 Å². The van der Waals surface area contributed by atoms with Gasteiger partial charge in [-0.1, -0.05) is 11.6 Å².